The van der Waals surface area contributed by atoms with E-state index in [1.807, 2.05) is 6.08 Å². The van der Waals surface area contributed by atoms with Gasteiger partial charge >= 0.3 is 5.97 Å². The first kappa shape index (κ1) is 10.8. The summed E-state index contributed by atoms with van der Waals surface area (Å²) in [6.45, 7) is 0. The molecule has 0 bridgehead atoms. The zero-order valence-electron chi connectivity index (χ0n) is 7.78. The molecule has 0 unspecified atom stereocenters. The Balaban J connectivity index is 2.69. The number of Topliss-reactive ketones (excluding diaryl/α,β-unsaturated/α-hetero) is 1. The second-order valence-electron chi connectivity index (χ2n) is 2.81. The lowest BCUT2D eigenvalue weighted by Crippen LogP contribution is -2.16. The van der Waals surface area contributed by atoms with Crippen LogP contribution < -0.4 is 0 Å². The molecule has 0 fully saturated rings. The standard InChI is InChI=1S/C10H10O3S/c1-13-10(12)6-8(11)7-4-2-3-5-9(7)14/h2-4H,5-6H2,1H3. The predicted octanol–water partition coefficient (Wildman–Crippen LogP) is 1.37. The Morgan fingerprint density at radius 3 is 2.86 bits per heavy atom. The van der Waals surface area contributed by atoms with E-state index in [-0.39, 0.29) is 12.2 Å². The van der Waals surface area contributed by atoms with E-state index in [0.717, 1.165) is 0 Å². The summed E-state index contributed by atoms with van der Waals surface area (Å²) in [6.07, 6.45) is 5.62. The molecule has 0 radical (unpaired) electrons. The van der Waals surface area contributed by atoms with Crippen LogP contribution in [-0.4, -0.2) is 23.7 Å². The minimum Gasteiger partial charge on any atom is -0.469 e. The van der Waals surface area contributed by atoms with Crippen LogP contribution in [0.5, 0.6) is 0 Å². The van der Waals surface area contributed by atoms with Crippen LogP contribution in [0.4, 0.5) is 0 Å². The molecule has 0 amide bonds. The van der Waals surface area contributed by atoms with Crippen molar-refractivity contribution in [2.45, 2.75) is 12.8 Å². The van der Waals surface area contributed by atoms with E-state index < -0.39 is 5.97 Å². The van der Waals surface area contributed by atoms with Crippen LogP contribution in [0.3, 0.4) is 0 Å². The molecule has 0 heterocycles. The van der Waals surface area contributed by atoms with Crippen molar-refractivity contribution < 1.29 is 14.3 Å². The van der Waals surface area contributed by atoms with E-state index in [2.05, 4.69) is 4.74 Å². The summed E-state index contributed by atoms with van der Waals surface area (Å²) in [5, 5.41) is 0. The molecule has 4 heteroatoms. The van der Waals surface area contributed by atoms with Gasteiger partial charge < -0.3 is 4.74 Å². The molecule has 0 atom stereocenters. The highest BCUT2D eigenvalue weighted by Crippen LogP contribution is 2.12. The van der Waals surface area contributed by atoms with Crippen molar-refractivity contribution in [1.29, 1.82) is 0 Å². The smallest absolute Gasteiger partial charge is 0.313 e. The Morgan fingerprint density at radius 2 is 2.29 bits per heavy atom. The van der Waals surface area contributed by atoms with Crippen molar-refractivity contribution in [3.8, 4) is 0 Å². The Bertz CT molecular complexity index is 339. The molecule has 0 spiro atoms. The highest BCUT2D eigenvalue weighted by Gasteiger charge is 2.18. The molecule has 14 heavy (non-hydrogen) atoms. The normalized spacial score (nSPS) is 14.9. The van der Waals surface area contributed by atoms with E-state index in [1.54, 1.807) is 12.2 Å². The molecule has 3 nitrogen and oxygen atoms in total. The third-order valence-electron chi connectivity index (χ3n) is 1.84. The minimum atomic E-state index is -0.534. The maximum absolute atomic E-state index is 11.5. The highest BCUT2D eigenvalue weighted by atomic mass is 32.1. The molecule has 0 saturated carbocycles. The van der Waals surface area contributed by atoms with Crippen LogP contribution in [0.15, 0.2) is 23.8 Å². The van der Waals surface area contributed by atoms with Crippen molar-refractivity contribution in [3.05, 3.63) is 23.8 Å². The van der Waals surface area contributed by atoms with E-state index in [1.165, 1.54) is 7.11 Å². The summed E-state index contributed by atoms with van der Waals surface area (Å²) < 4.78 is 4.40. The number of hydrogen-bond donors (Lipinski definition) is 0. The summed E-state index contributed by atoms with van der Waals surface area (Å²) >= 11 is 5.00. The molecule has 0 aromatic rings. The molecular formula is C10H10O3S. The number of esters is 1. The van der Waals surface area contributed by atoms with Gasteiger partial charge in [-0.2, -0.15) is 0 Å². The molecule has 1 aliphatic rings. The quantitative estimate of drug-likeness (QED) is 0.401. The average Bonchev–Trinajstić information content (AvgIpc) is 2.18. The van der Waals surface area contributed by atoms with Crippen LogP contribution in [0.2, 0.25) is 0 Å². The maximum Gasteiger partial charge on any atom is 0.313 e. The Hall–Kier alpha value is -1.29. The first-order chi connectivity index (χ1) is 6.65. The number of ether oxygens (including phenoxy) is 1. The van der Waals surface area contributed by atoms with Crippen LogP contribution in [0.1, 0.15) is 12.8 Å². The summed E-state index contributed by atoms with van der Waals surface area (Å²) in [6, 6.07) is 0. The lowest BCUT2D eigenvalue weighted by atomic mass is 9.99. The van der Waals surface area contributed by atoms with Gasteiger partial charge in [-0.05, 0) is 0 Å². The van der Waals surface area contributed by atoms with E-state index in [4.69, 9.17) is 12.2 Å². The van der Waals surface area contributed by atoms with Crippen molar-refractivity contribution in [1.82, 2.24) is 0 Å². The molecule has 0 aliphatic heterocycles. The molecule has 74 valence electrons. The van der Waals surface area contributed by atoms with Crippen LogP contribution in [0.25, 0.3) is 0 Å². The van der Waals surface area contributed by atoms with E-state index >= 15 is 0 Å². The Morgan fingerprint density at radius 1 is 1.57 bits per heavy atom. The van der Waals surface area contributed by atoms with Gasteiger partial charge in [0.1, 0.15) is 6.42 Å². The number of rotatable bonds is 3. The van der Waals surface area contributed by atoms with Crippen molar-refractivity contribution in [2.24, 2.45) is 0 Å². The first-order valence-corrected chi connectivity index (χ1v) is 4.56. The maximum atomic E-state index is 11.5. The lowest BCUT2D eigenvalue weighted by molar-refractivity contribution is -0.142. The second kappa shape index (κ2) is 4.81. The fourth-order valence-corrected chi connectivity index (χ4v) is 1.37. The number of carbonyl (C=O) groups is 2. The summed E-state index contributed by atoms with van der Waals surface area (Å²) in [4.78, 5) is 22.9. The van der Waals surface area contributed by atoms with Gasteiger partial charge in [0.2, 0.25) is 0 Å². The van der Waals surface area contributed by atoms with Crippen molar-refractivity contribution >= 4 is 28.8 Å². The third-order valence-corrected chi connectivity index (χ3v) is 2.22. The third kappa shape index (κ3) is 2.60. The number of allylic oxidation sites excluding steroid dienone is 4. The minimum absolute atomic E-state index is 0.240. The van der Waals surface area contributed by atoms with Crippen LogP contribution in [-0.2, 0) is 14.3 Å². The summed E-state index contributed by atoms with van der Waals surface area (Å²) in [5.74, 6) is -0.806. The Labute approximate surface area is 87.4 Å². The molecule has 1 rings (SSSR count). The van der Waals surface area contributed by atoms with Gasteiger partial charge in [-0.15, -0.1) is 0 Å². The number of hydrogen-bond acceptors (Lipinski definition) is 4. The number of carbonyl (C=O) groups excluding carboxylic acids is 2. The van der Waals surface area contributed by atoms with Crippen LogP contribution >= 0.6 is 12.2 Å². The van der Waals surface area contributed by atoms with E-state index in [0.29, 0.717) is 16.9 Å². The molecule has 0 N–H and O–H groups in total. The summed E-state index contributed by atoms with van der Waals surface area (Å²) in [7, 11) is 1.25. The molecule has 0 saturated heterocycles. The van der Waals surface area contributed by atoms with E-state index in [9.17, 15) is 9.59 Å². The Kier molecular flexibility index (Phi) is 3.71. The number of ketones is 1. The molecule has 1 aliphatic carbocycles. The van der Waals surface area contributed by atoms with Gasteiger partial charge in [0, 0.05) is 16.9 Å². The first-order valence-electron chi connectivity index (χ1n) is 4.15. The topological polar surface area (TPSA) is 43.4 Å². The predicted molar refractivity (Wildman–Crippen MR) is 56.1 cm³/mol. The SMILES string of the molecule is COC(=O)CC(=O)C1=CC=CCC1=S. The van der Waals surface area contributed by atoms with Gasteiger partial charge in [0.05, 0.1) is 7.11 Å². The van der Waals surface area contributed by atoms with Gasteiger partial charge in [0.15, 0.2) is 5.78 Å². The van der Waals surface area contributed by atoms with Gasteiger partial charge in [-0.25, -0.2) is 0 Å². The largest absolute Gasteiger partial charge is 0.469 e. The average molecular weight is 210 g/mol. The monoisotopic (exact) mass is 210 g/mol. The number of methoxy groups -OCH3 is 1. The summed E-state index contributed by atoms with van der Waals surface area (Å²) in [5.41, 5.74) is 0.452. The lowest BCUT2D eigenvalue weighted by Gasteiger charge is -2.08. The zero-order valence-corrected chi connectivity index (χ0v) is 8.60. The molecular weight excluding hydrogens is 200 g/mol. The molecule has 0 aromatic carbocycles. The second-order valence-corrected chi connectivity index (χ2v) is 3.30. The zero-order chi connectivity index (χ0) is 10.6. The van der Waals surface area contributed by atoms with Gasteiger partial charge in [-0.1, -0.05) is 30.4 Å². The van der Waals surface area contributed by atoms with Gasteiger partial charge in [0.25, 0.3) is 0 Å². The number of thiocarbonyl (C=S) groups is 1. The fourth-order valence-electron chi connectivity index (χ4n) is 1.09. The highest BCUT2D eigenvalue weighted by molar-refractivity contribution is 7.81. The van der Waals surface area contributed by atoms with Crippen molar-refractivity contribution in [2.75, 3.05) is 7.11 Å². The fraction of sp³-hybridized carbons (Fsp3) is 0.300. The van der Waals surface area contributed by atoms with Gasteiger partial charge in [-0.3, -0.25) is 9.59 Å². The van der Waals surface area contributed by atoms with Crippen molar-refractivity contribution in [3.63, 3.8) is 0 Å². The molecule has 0 aromatic heterocycles. The van der Waals surface area contributed by atoms with Crippen LogP contribution in [0, 0.1) is 0 Å².